The fourth-order valence-electron chi connectivity index (χ4n) is 5.95. The number of nitrogens with zero attached hydrogens (tertiary/aromatic N) is 4. The number of nitriles is 1. The van der Waals surface area contributed by atoms with Crippen molar-refractivity contribution in [3.05, 3.63) is 69.0 Å². The van der Waals surface area contributed by atoms with Gasteiger partial charge in [-0.15, -0.1) is 0 Å². The van der Waals surface area contributed by atoms with Crippen LogP contribution in [0.3, 0.4) is 0 Å². The first kappa shape index (κ1) is 25.1. The molecule has 2 unspecified atom stereocenters. The SMILES string of the molecule is Cc1c(C2CN3CCN(C[C@H](O)c4ccc5c(c4C)COC5=O)CC3CN2C(=O)O)ccc(F)c1C#N. The summed E-state index contributed by atoms with van der Waals surface area (Å²) in [6.07, 6.45) is -1.82. The fourth-order valence-corrected chi connectivity index (χ4v) is 5.95. The number of fused-ring (bicyclic) bond motifs is 2. The highest BCUT2D eigenvalue weighted by atomic mass is 19.1. The Balaban J connectivity index is 1.30. The molecule has 2 aromatic rings. The average molecular weight is 509 g/mol. The number of carbonyl (C=O) groups is 2. The lowest BCUT2D eigenvalue weighted by Gasteiger charge is -2.50. The summed E-state index contributed by atoms with van der Waals surface area (Å²) in [4.78, 5) is 29.8. The number of carbonyl (C=O) groups excluding carboxylic acids is 1. The first-order valence-electron chi connectivity index (χ1n) is 12.3. The second-order valence-corrected chi connectivity index (χ2v) is 10.0. The van der Waals surface area contributed by atoms with Gasteiger partial charge in [0.1, 0.15) is 18.5 Å². The zero-order valence-corrected chi connectivity index (χ0v) is 20.8. The van der Waals surface area contributed by atoms with Crippen LogP contribution in [0.5, 0.6) is 0 Å². The summed E-state index contributed by atoms with van der Waals surface area (Å²) in [7, 11) is 0. The lowest BCUT2D eigenvalue weighted by molar-refractivity contribution is -0.0222. The highest BCUT2D eigenvalue weighted by Crippen LogP contribution is 2.34. The maximum Gasteiger partial charge on any atom is 0.407 e. The van der Waals surface area contributed by atoms with Crippen molar-refractivity contribution in [2.24, 2.45) is 0 Å². The van der Waals surface area contributed by atoms with Crippen LogP contribution in [-0.2, 0) is 11.3 Å². The molecular formula is C27H29FN4O5. The van der Waals surface area contributed by atoms with Gasteiger partial charge in [-0.3, -0.25) is 14.7 Å². The molecule has 194 valence electrons. The molecule has 3 atom stereocenters. The maximum atomic E-state index is 14.1. The Morgan fingerprint density at radius 3 is 2.70 bits per heavy atom. The Bertz CT molecular complexity index is 1310. The molecule has 0 radical (unpaired) electrons. The Morgan fingerprint density at radius 2 is 1.97 bits per heavy atom. The van der Waals surface area contributed by atoms with Crippen LogP contribution in [0.1, 0.15) is 55.9 Å². The number of carboxylic acid groups (broad SMARTS) is 1. The van der Waals surface area contributed by atoms with E-state index in [0.717, 1.165) is 16.7 Å². The van der Waals surface area contributed by atoms with Gasteiger partial charge in [0.15, 0.2) is 0 Å². The molecule has 2 saturated heterocycles. The number of hydrogen-bond donors (Lipinski definition) is 2. The minimum Gasteiger partial charge on any atom is -0.465 e. The van der Waals surface area contributed by atoms with Gasteiger partial charge < -0.3 is 14.9 Å². The van der Waals surface area contributed by atoms with Crippen molar-refractivity contribution in [2.75, 3.05) is 39.3 Å². The molecule has 3 aliphatic rings. The van der Waals surface area contributed by atoms with Crippen molar-refractivity contribution >= 4 is 12.1 Å². The quantitative estimate of drug-likeness (QED) is 0.606. The van der Waals surface area contributed by atoms with Gasteiger partial charge in [-0.1, -0.05) is 12.1 Å². The number of piperazine rings is 2. The number of aliphatic hydroxyl groups excluding tert-OH is 1. The van der Waals surface area contributed by atoms with Gasteiger partial charge in [-0.2, -0.15) is 5.26 Å². The molecule has 3 heterocycles. The third-order valence-electron chi connectivity index (χ3n) is 8.05. The van der Waals surface area contributed by atoms with Crippen LogP contribution < -0.4 is 0 Å². The van der Waals surface area contributed by atoms with E-state index < -0.39 is 24.1 Å². The molecule has 0 spiro atoms. The van der Waals surface area contributed by atoms with Gasteiger partial charge in [0.05, 0.1) is 23.3 Å². The van der Waals surface area contributed by atoms with Crippen LogP contribution in [0.2, 0.25) is 0 Å². The van der Waals surface area contributed by atoms with Gasteiger partial charge in [0.25, 0.3) is 0 Å². The standard InChI is InChI=1S/C27H29FN4O5/c1-15-18(5-6-23(28)21(15)9-29)24-12-31-8-7-30(10-17(31)11-32(24)27(35)36)13-25(33)19-3-4-20-22(16(19)2)14-37-26(20)34/h3-6,17,24-25,33H,7-8,10-14H2,1-2H3,(H,35,36)/t17?,24?,25-/m0/s1. The van der Waals surface area contributed by atoms with Crippen LogP contribution in [-0.4, -0.2) is 82.3 Å². The molecule has 37 heavy (non-hydrogen) atoms. The molecule has 0 aliphatic carbocycles. The first-order valence-corrected chi connectivity index (χ1v) is 12.3. The number of hydrogen-bond acceptors (Lipinski definition) is 7. The van der Waals surface area contributed by atoms with Crippen LogP contribution in [0, 0.1) is 31.0 Å². The Labute approximate surface area is 214 Å². The van der Waals surface area contributed by atoms with Crippen molar-refractivity contribution in [3.8, 4) is 6.07 Å². The van der Waals surface area contributed by atoms with Crippen LogP contribution in [0.4, 0.5) is 9.18 Å². The van der Waals surface area contributed by atoms with E-state index >= 15 is 0 Å². The van der Waals surface area contributed by atoms with Crippen LogP contribution >= 0.6 is 0 Å². The molecule has 3 aliphatic heterocycles. The summed E-state index contributed by atoms with van der Waals surface area (Å²) >= 11 is 0. The smallest absolute Gasteiger partial charge is 0.407 e. The van der Waals surface area contributed by atoms with Gasteiger partial charge in [-0.25, -0.2) is 14.0 Å². The minimum absolute atomic E-state index is 0.0541. The van der Waals surface area contributed by atoms with Crippen molar-refractivity contribution < 1.29 is 28.9 Å². The summed E-state index contributed by atoms with van der Waals surface area (Å²) in [6.45, 7) is 6.85. The second-order valence-electron chi connectivity index (χ2n) is 10.0. The van der Waals surface area contributed by atoms with Gasteiger partial charge in [0, 0.05) is 50.9 Å². The number of cyclic esters (lactones) is 1. The maximum absolute atomic E-state index is 14.1. The average Bonchev–Trinajstić information content (AvgIpc) is 3.25. The second kappa shape index (κ2) is 9.74. The summed E-state index contributed by atoms with van der Waals surface area (Å²) in [6, 6.07) is 7.62. The molecule has 5 rings (SSSR count). The van der Waals surface area contributed by atoms with Crippen LogP contribution in [0.15, 0.2) is 24.3 Å². The Hall–Kier alpha value is -3.52. The predicted molar refractivity (Wildman–Crippen MR) is 130 cm³/mol. The predicted octanol–water partition coefficient (Wildman–Crippen LogP) is 2.74. The molecule has 0 saturated carbocycles. The van der Waals surface area contributed by atoms with Crippen molar-refractivity contribution in [3.63, 3.8) is 0 Å². The number of halogens is 1. The monoisotopic (exact) mass is 508 g/mol. The number of ether oxygens (including phenoxy) is 1. The molecule has 2 N–H and O–H groups in total. The van der Waals surface area contributed by atoms with E-state index in [2.05, 4.69) is 9.80 Å². The van der Waals surface area contributed by atoms with E-state index in [4.69, 9.17) is 4.74 Å². The molecule has 1 amide bonds. The summed E-state index contributed by atoms with van der Waals surface area (Å²) in [5.74, 6) is -0.947. The molecular weight excluding hydrogens is 479 g/mol. The van der Waals surface area contributed by atoms with E-state index in [1.54, 1.807) is 25.1 Å². The van der Waals surface area contributed by atoms with E-state index in [-0.39, 0.29) is 30.7 Å². The zero-order valence-electron chi connectivity index (χ0n) is 20.8. The summed E-state index contributed by atoms with van der Waals surface area (Å²) in [5.41, 5.74) is 4.04. The lowest BCUT2D eigenvalue weighted by Crippen LogP contribution is -2.63. The number of amides is 1. The zero-order chi connectivity index (χ0) is 26.4. The number of benzene rings is 2. The number of β-amino-alcohol motifs (C(OH)–C–C–N with tert-alkyl or cyclic N) is 1. The molecule has 2 fully saturated rings. The highest BCUT2D eigenvalue weighted by Gasteiger charge is 2.41. The molecule has 10 heteroatoms. The molecule has 0 aromatic heterocycles. The van der Waals surface area contributed by atoms with E-state index in [1.807, 2.05) is 13.0 Å². The first-order chi connectivity index (χ1) is 17.7. The van der Waals surface area contributed by atoms with E-state index in [1.165, 1.54) is 11.0 Å². The number of rotatable bonds is 4. The third-order valence-corrected chi connectivity index (χ3v) is 8.05. The number of aliphatic hydroxyl groups is 1. The normalized spacial score (nSPS) is 22.7. The summed E-state index contributed by atoms with van der Waals surface area (Å²) in [5, 5.41) is 30.4. The lowest BCUT2D eigenvalue weighted by atomic mass is 9.92. The molecule has 9 nitrogen and oxygen atoms in total. The number of esters is 1. The van der Waals surface area contributed by atoms with Crippen LogP contribution in [0.25, 0.3) is 0 Å². The van der Waals surface area contributed by atoms with Gasteiger partial charge in [0.2, 0.25) is 0 Å². The van der Waals surface area contributed by atoms with Crippen molar-refractivity contribution in [2.45, 2.75) is 38.6 Å². The largest absolute Gasteiger partial charge is 0.465 e. The topological polar surface area (TPSA) is 117 Å². The van der Waals surface area contributed by atoms with Crippen molar-refractivity contribution in [1.29, 1.82) is 5.26 Å². The van der Waals surface area contributed by atoms with E-state index in [0.29, 0.717) is 49.4 Å². The summed E-state index contributed by atoms with van der Waals surface area (Å²) < 4.78 is 19.2. The van der Waals surface area contributed by atoms with Crippen molar-refractivity contribution in [1.82, 2.24) is 14.7 Å². The van der Waals surface area contributed by atoms with Gasteiger partial charge >= 0.3 is 12.1 Å². The molecule has 0 bridgehead atoms. The third kappa shape index (κ3) is 4.44. The van der Waals surface area contributed by atoms with Gasteiger partial charge in [-0.05, 0) is 48.2 Å². The van der Waals surface area contributed by atoms with E-state index in [9.17, 15) is 29.5 Å². The highest BCUT2D eigenvalue weighted by molar-refractivity contribution is 5.93. The molecule has 2 aromatic carbocycles. The minimum atomic E-state index is -1.06. The fraction of sp³-hybridized carbons (Fsp3) is 0.444. The Kier molecular flexibility index (Phi) is 6.62. The Morgan fingerprint density at radius 1 is 1.19 bits per heavy atom.